The van der Waals surface area contributed by atoms with Crippen molar-refractivity contribution in [2.45, 2.75) is 40.2 Å². The first-order chi connectivity index (χ1) is 18.1. The van der Waals surface area contributed by atoms with Crippen molar-refractivity contribution in [3.63, 3.8) is 0 Å². The van der Waals surface area contributed by atoms with Gasteiger partial charge in [0.1, 0.15) is 11.3 Å². The van der Waals surface area contributed by atoms with Crippen molar-refractivity contribution in [1.29, 1.82) is 0 Å². The van der Waals surface area contributed by atoms with Gasteiger partial charge in [-0.25, -0.2) is 14.8 Å². The first-order valence-electron chi connectivity index (χ1n) is 12.5. The van der Waals surface area contributed by atoms with Crippen molar-refractivity contribution in [2.24, 2.45) is 7.05 Å². The summed E-state index contributed by atoms with van der Waals surface area (Å²) in [4.78, 5) is 35.4. The predicted molar refractivity (Wildman–Crippen MR) is 149 cm³/mol. The van der Waals surface area contributed by atoms with Crippen LogP contribution in [0.5, 0.6) is 0 Å². The molecular formula is C28H32N6O4. The van der Waals surface area contributed by atoms with Gasteiger partial charge in [0.15, 0.2) is 0 Å². The number of hydrogen-bond acceptors (Lipinski definition) is 8. The molecule has 0 aliphatic rings. The molecule has 0 spiro atoms. The minimum absolute atomic E-state index is 0.0135. The third-order valence-corrected chi connectivity index (χ3v) is 6.24. The number of ether oxygens (including phenoxy) is 1. The Balaban J connectivity index is 1.82. The summed E-state index contributed by atoms with van der Waals surface area (Å²) in [5.41, 5.74) is 4.22. The van der Waals surface area contributed by atoms with Crippen molar-refractivity contribution >= 4 is 39.9 Å². The highest BCUT2D eigenvalue weighted by atomic mass is 16.6. The summed E-state index contributed by atoms with van der Waals surface area (Å²) >= 11 is 0. The molecule has 0 saturated heterocycles. The highest BCUT2D eigenvalue weighted by molar-refractivity contribution is 6.03. The van der Waals surface area contributed by atoms with Crippen LogP contribution in [-0.2, 0) is 11.8 Å². The Bertz CT molecular complexity index is 1510. The normalized spacial score (nSPS) is 11.1. The molecule has 0 aliphatic heterocycles. The minimum atomic E-state index is -0.524. The number of benzene rings is 2. The lowest BCUT2D eigenvalue weighted by Crippen LogP contribution is -2.19. The number of nitrogens with one attached hydrogen (secondary N) is 1. The Morgan fingerprint density at radius 2 is 2.00 bits per heavy atom. The molecule has 0 fully saturated rings. The van der Waals surface area contributed by atoms with Gasteiger partial charge in [-0.1, -0.05) is 25.1 Å². The van der Waals surface area contributed by atoms with Crippen LogP contribution in [0.25, 0.3) is 22.2 Å². The maximum atomic E-state index is 13.0. The molecule has 2 aromatic heterocycles. The molecule has 0 unspecified atom stereocenters. The van der Waals surface area contributed by atoms with E-state index in [0.717, 1.165) is 28.5 Å². The Morgan fingerprint density at radius 1 is 1.26 bits per heavy atom. The van der Waals surface area contributed by atoms with E-state index in [2.05, 4.69) is 10.3 Å². The Labute approximate surface area is 221 Å². The smallest absolute Gasteiger partial charge is 0.342 e. The molecule has 4 rings (SSSR count). The second-order valence-electron chi connectivity index (χ2n) is 9.54. The standard InChI is InChI=1S/C28H32N6O4/c1-7-12-32(5)24-13-18(4)22(14-25(24)34(36)37)30-28-29-15-20(27(35)38-17(2)3)26(31-28)21-16-33(6)23-11-9-8-10-19(21)23/h8-11,13-17H,7,12H2,1-6H3,(H,29,30,31). The fourth-order valence-corrected chi connectivity index (χ4v) is 4.45. The van der Waals surface area contributed by atoms with E-state index in [9.17, 15) is 14.9 Å². The molecule has 38 heavy (non-hydrogen) atoms. The van der Waals surface area contributed by atoms with Crippen LogP contribution in [0, 0.1) is 17.0 Å². The number of carbonyl (C=O) groups is 1. The van der Waals surface area contributed by atoms with Gasteiger partial charge >= 0.3 is 5.97 Å². The third-order valence-electron chi connectivity index (χ3n) is 6.24. The topological polar surface area (TPSA) is 115 Å². The first-order valence-corrected chi connectivity index (χ1v) is 12.5. The molecule has 0 aliphatic carbocycles. The maximum Gasteiger partial charge on any atom is 0.342 e. The van der Waals surface area contributed by atoms with Crippen LogP contribution >= 0.6 is 0 Å². The second-order valence-corrected chi connectivity index (χ2v) is 9.54. The van der Waals surface area contributed by atoms with E-state index in [0.29, 0.717) is 23.6 Å². The number of para-hydroxylation sites is 1. The van der Waals surface area contributed by atoms with E-state index >= 15 is 0 Å². The summed E-state index contributed by atoms with van der Waals surface area (Å²) in [5.74, 6) is -0.314. The van der Waals surface area contributed by atoms with Crippen molar-refractivity contribution in [3.8, 4) is 11.3 Å². The van der Waals surface area contributed by atoms with Crippen LogP contribution in [0.3, 0.4) is 0 Å². The van der Waals surface area contributed by atoms with E-state index in [1.165, 1.54) is 12.3 Å². The molecule has 10 heteroatoms. The molecule has 1 N–H and O–H groups in total. The molecule has 0 bridgehead atoms. The Morgan fingerprint density at radius 3 is 2.68 bits per heavy atom. The number of fused-ring (bicyclic) bond motifs is 1. The van der Waals surface area contributed by atoms with E-state index in [-0.39, 0.29) is 28.2 Å². The molecule has 2 heterocycles. The summed E-state index contributed by atoms with van der Waals surface area (Å²) in [6.07, 6.45) is 3.90. The van der Waals surface area contributed by atoms with Gasteiger partial charge in [0, 0.05) is 55.6 Å². The molecule has 0 saturated carbocycles. The lowest BCUT2D eigenvalue weighted by molar-refractivity contribution is -0.384. The number of esters is 1. The zero-order valence-electron chi connectivity index (χ0n) is 22.5. The average Bonchev–Trinajstić information content (AvgIpc) is 3.21. The number of aromatic nitrogens is 3. The van der Waals surface area contributed by atoms with Crippen molar-refractivity contribution in [3.05, 3.63) is 70.0 Å². The van der Waals surface area contributed by atoms with Gasteiger partial charge in [0.2, 0.25) is 5.95 Å². The van der Waals surface area contributed by atoms with Gasteiger partial charge in [0.05, 0.1) is 22.4 Å². The van der Waals surface area contributed by atoms with Gasteiger partial charge in [0.25, 0.3) is 5.69 Å². The predicted octanol–water partition coefficient (Wildman–Crippen LogP) is 6.01. The fraction of sp³-hybridized carbons (Fsp3) is 0.321. The van der Waals surface area contributed by atoms with Crippen molar-refractivity contribution < 1.29 is 14.5 Å². The minimum Gasteiger partial charge on any atom is -0.459 e. The number of nitrogens with zero attached hydrogens (tertiary/aromatic N) is 5. The van der Waals surface area contributed by atoms with Crippen molar-refractivity contribution in [2.75, 3.05) is 23.8 Å². The van der Waals surface area contributed by atoms with Gasteiger partial charge in [-0.2, -0.15) is 0 Å². The molecular weight excluding hydrogens is 484 g/mol. The number of rotatable bonds is 9. The molecule has 0 radical (unpaired) electrons. The number of anilines is 3. The SMILES string of the molecule is CCCN(C)c1cc(C)c(Nc2ncc(C(=O)OC(C)C)c(-c3cn(C)c4ccccc34)n2)cc1[N+](=O)[O-]. The van der Waals surface area contributed by atoms with Crippen LogP contribution in [0.1, 0.15) is 43.1 Å². The Hall–Kier alpha value is -4.47. The number of aryl methyl sites for hydroxylation is 2. The van der Waals surface area contributed by atoms with Crippen LogP contribution in [0.15, 0.2) is 48.8 Å². The molecule has 0 atom stereocenters. The summed E-state index contributed by atoms with van der Waals surface area (Å²) in [6, 6.07) is 11.1. The Kier molecular flexibility index (Phi) is 7.61. The summed E-state index contributed by atoms with van der Waals surface area (Å²) in [5, 5.41) is 15.9. The van der Waals surface area contributed by atoms with E-state index < -0.39 is 5.97 Å². The van der Waals surface area contributed by atoms with E-state index in [4.69, 9.17) is 9.72 Å². The summed E-state index contributed by atoms with van der Waals surface area (Å²) < 4.78 is 7.43. The molecule has 2 aromatic carbocycles. The number of hydrogen-bond donors (Lipinski definition) is 1. The maximum absolute atomic E-state index is 13.0. The van der Waals surface area contributed by atoms with Crippen LogP contribution in [-0.4, -0.2) is 45.1 Å². The summed E-state index contributed by atoms with van der Waals surface area (Å²) in [7, 11) is 3.77. The zero-order chi connectivity index (χ0) is 27.6. The van der Waals surface area contributed by atoms with Crippen LogP contribution < -0.4 is 10.2 Å². The van der Waals surface area contributed by atoms with Crippen molar-refractivity contribution in [1.82, 2.24) is 14.5 Å². The zero-order valence-corrected chi connectivity index (χ0v) is 22.5. The van der Waals surface area contributed by atoms with Crippen LogP contribution in [0.4, 0.5) is 23.0 Å². The second kappa shape index (κ2) is 10.9. The van der Waals surface area contributed by atoms with Gasteiger partial charge in [-0.05, 0) is 44.9 Å². The lowest BCUT2D eigenvalue weighted by Gasteiger charge is -2.20. The number of nitro groups is 1. The molecule has 10 nitrogen and oxygen atoms in total. The van der Waals surface area contributed by atoms with Gasteiger partial charge < -0.3 is 19.5 Å². The lowest BCUT2D eigenvalue weighted by atomic mass is 10.1. The number of nitro benzene ring substituents is 1. The fourth-order valence-electron chi connectivity index (χ4n) is 4.45. The molecule has 4 aromatic rings. The van der Waals surface area contributed by atoms with Crippen LogP contribution in [0.2, 0.25) is 0 Å². The number of carbonyl (C=O) groups excluding carboxylic acids is 1. The first kappa shape index (κ1) is 26.6. The highest BCUT2D eigenvalue weighted by Gasteiger charge is 2.23. The summed E-state index contributed by atoms with van der Waals surface area (Å²) in [6.45, 7) is 8.15. The monoisotopic (exact) mass is 516 g/mol. The average molecular weight is 517 g/mol. The largest absolute Gasteiger partial charge is 0.459 e. The van der Waals surface area contributed by atoms with E-state index in [1.54, 1.807) is 19.9 Å². The van der Waals surface area contributed by atoms with E-state index in [1.807, 2.05) is 67.9 Å². The quantitative estimate of drug-likeness (QED) is 0.163. The van der Waals surface area contributed by atoms with Gasteiger partial charge in [-0.15, -0.1) is 0 Å². The highest BCUT2D eigenvalue weighted by Crippen LogP contribution is 2.36. The molecule has 0 amide bonds. The molecule has 198 valence electrons. The third kappa shape index (κ3) is 5.29. The van der Waals surface area contributed by atoms with Gasteiger partial charge in [-0.3, -0.25) is 10.1 Å².